The third kappa shape index (κ3) is 4.23. The maximum atomic E-state index is 11.8. The van der Waals surface area contributed by atoms with Crippen LogP contribution in [0.4, 0.5) is 0 Å². The molecule has 0 atom stereocenters. The highest BCUT2D eigenvalue weighted by Crippen LogP contribution is 2.13. The van der Waals surface area contributed by atoms with Gasteiger partial charge in [0.05, 0.1) is 5.69 Å². The number of aryl methyl sites for hydroxylation is 2. The van der Waals surface area contributed by atoms with Crippen LogP contribution in [0.5, 0.6) is 0 Å². The number of nitrogens with one attached hydrogen (secondary N) is 1. The lowest BCUT2D eigenvalue weighted by molar-refractivity contribution is -0.116. The number of amides is 1. The molecule has 0 aliphatic rings. The van der Waals surface area contributed by atoms with Gasteiger partial charge in [0.2, 0.25) is 5.91 Å². The van der Waals surface area contributed by atoms with Crippen molar-refractivity contribution in [2.45, 2.75) is 40.5 Å². The van der Waals surface area contributed by atoms with E-state index in [4.69, 9.17) is 0 Å². The summed E-state index contributed by atoms with van der Waals surface area (Å²) in [5.41, 5.74) is 3.05. The average Bonchev–Trinajstić information content (AvgIpc) is 2.62. The summed E-state index contributed by atoms with van der Waals surface area (Å²) >= 11 is 0. The molecule has 19 heavy (non-hydrogen) atoms. The number of rotatable bonds is 6. The summed E-state index contributed by atoms with van der Waals surface area (Å²) in [5.74, 6) is 0.536. The molecular weight excluding hydrogens is 238 g/mol. The number of carbonyl (C=O) groups excluding carboxylic acids is 1. The molecule has 106 valence electrons. The van der Waals surface area contributed by atoms with Gasteiger partial charge in [-0.1, -0.05) is 26.7 Å². The Kier molecular flexibility index (Phi) is 5.80. The first-order valence-corrected chi connectivity index (χ1v) is 6.95. The molecule has 0 aliphatic heterocycles. The van der Waals surface area contributed by atoms with Crippen LogP contribution in [-0.2, 0) is 11.8 Å². The van der Waals surface area contributed by atoms with E-state index in [2.05, 4.69) is 24.3 Å². The Morgan fingerprint density at radius 3 is 2.47 bits per heavy atom. The van der Waals surface area contributed by atoms with Gasteiger partial charge in [-0.3, -0.25) is 9.48 Å². The highest BCUT2D eigenvalue weighted by molar-refractivity contribution is 5.91. The number of nitrogens with zero attached hydrogens (tertiary/aromatic N) is 2. The van der Waals surface area contributed by atoms with Crippen molar-refractivity contribution in [3.05, 3.63) is 23.0 Å². The number of aromatic nitrogens is 2. The summed E-state index contributed by atoms with van der Waals surface area (Å²) in [4.78, 5) is 11.8. The topological polar surface area (TPSA) is 46.9 Å². The molecule has 1 aromatic rings. The van der Waals surface area contributed by atoms with Crippen molar-refractivity contribution in [3.63, 3.8) is 0 Å². The molecule has 0 aromatic carbocycles. The van der Waals surface area contributed by atoms with Crippen molar-refractivity contribution < 1.29 is 4.79 Å². The van der Waals surface area contributed by atoms with Gasteiger partial charge in [0, 0.05) is 30.9 Å². The normalized spacial score (nSPS) is 11.5. The molecule has 1 amide bonds. The summed E-state index contributed by atoms with van der Waals surface area (Å²) in [6.45, 7) is 9.01. The Morgan fingerprint density at radius 1 is 1.37 bits per heavy atom. The fraction of sp³-hybridized carbons (Fsp3) is 0.600. The van der Waals surface area contributed by atoms with Gasteiger partial charge in [-0.05, 0) is 25.8 Å². The molecular formula is C15H25N3O. The van der Waals surface area contributed by atoms with Gasteiger partial charge in [-0.2, -0.15) is 5.10 Å². The van der Waals surface area contributed by atoms with Crippen molar-refractivity contribution in [1.29, 1.82) is 0 Å². The minimum absolute atomic E-state index is 0.0328. The van der Waals surface area contributed by atoms with E-state index >= 15 is 0 Å². The first-order chi connectivity index (χ1) is 8.99. The van der Waals surface area contributed by atoms with Crippen molar-refractivity contribution in [2.75, 3.05) is 6.54 Å². The lowest BCUT2D eigenvalue weighted by Gasteiger charge is -2.11. The van der Waals surface area contributed by atoms with E-state index in [1.165, 1.54) is 0 Å². The lowest BCUT2D eigenvalue weighted by Crippen LogP contribution is -2.27. The molecule has 0 saturated carbocycles. The third-order valence-electron chi connectivity index (χ3n) is 3.69. The van der Waals surface area contributed by atoms with Gasteiger partial charge in [0.1, 0.15) is 0 Å². The number of hydrogen-bond acceptors (Lipinski definition) is 2. The molecule has 1 rings (SSSR count). The van der Waals surface area contributed by atoms with Gasteiger partial charge < -0.3 is 5.32 Å². The molecule has 4 heteroatoms. The molecule has 0 saturated heterocycles. The van der Waals surface area contributed by atoms with E-state index in [0.717, 1.165) is 36.3 Å². The molecule has 1 N–H and O–H groups in total. The predicted molar refractivity (Wildman–Crippen MR) is 78.8 cm³/mol. The lowest BCUT2D eigenvalue weighted by atomic mass is 10.0. The largest absolute Gasteiger partial charge is 0.352 e. The second kappa shape index (κ2) is 7.12. The standard InChI is InChI=1S/C15H25N3O/c1-6-13(7-2)10-16-15(19)9-8-14-11(3)17-18(5)12(14)4/h8-9,13H,6-7,10H2,1-5H3,(H,16,19)/b9-8+. The van der Waals surface area contributed by atoms with E-state index in [9.17, 15) is 4.79 Å². The number of carbonyl (C=O) groups is 1. The van der Waals surface area contributed by atoms with Gasteiger partial charge in [0.25, 0.3) is 0 Å². The van der Waals surface area contributed by atoms with Crippen LogP contribution in [-0.4, -0.2) is 22.2 Å². The summed E-state index contributed by atoms with van der Waals surface area (Å²) in [6.07, 6.45) is 5.64. The van der Waals surface area contributed by atoms with Gasteiger partial charge in [0.15, 0.2) is 0 Å². The molecule has 0 spiro atoms. The van der Waals surface area contributed by atoms with E-state index in [0.29, 0.717) is 5.92 Å². The first-order valence-electron chi connectivity index (χ1n) is 6.95. The van der Waals surface area contributed by atoms with Crippen LogP contribution in [0, 0.1) is 19.8 Å². The Bertz CT molecular complexity index is 456. The van der Waals surface area contributed by atoms with Gasteiger partial charge >= 0.3 is 0 Å². The zero-order valence-electron chi connectivity index (χ0n) is 12.7. The maximum Gasteiger partial charge on any atom is 0.244 e. The second-order valence-electron chi connectivity index (χ2n) is 4.97. The fourth-order valence-electron chi connectivity index (χ4n) is 2.07. The third-order valence-corrected chi connectivity index (χ3v) is 3.69. The van der Waals surface area contributed by atoms with Crippen molar-refractivity contribution in [1.82, 2.24) is 15.1 Å². The van der Waals surface area contributed by atoms with Crippen LogP contribution in [0.1, 0.15) is 43.6 Å². The minimum atomic E-state index is -0.0328. The van der Waals surface area contributed by atoms with Crippen molar-refractivity contribution in [2.24, 2.45) is 13.0 Å². The molecule has 1 heterocycles. The molecule has 1 aromatic heterocycles. The van der Waals surface area contributed by atoms with E-state index < -0.39 is 0 Å². The van der Waals surface area contributed by atoms with Crippen LogP contribution in [0.15, 0.2) is 6.08 Å². The quantitative estimate of drug-likeness (QED) is 0.802. The van der Waals surface area contributed by atoms with Crippen LogP contribution >= 0.6 is 0 Å². The fourth-order valence-corrected chi connectivity index (χ4v) is 2.07. The average molecular weight is 263 g/mol. The summed E-state index contributed by atoms with van der Waals surface area (Å²) in [7, 11) is 1.91. The molecule has 0 bridgehead atoms. The SMILES string of the molecule is CCC(CC)CNC(=O)/C=C/c1c(C)nn(C)c1C. The van der Waals surface area contributed by atoms with Gasteiger partial charge in [-0.25, -0.2) is 0 Å². The van der Waals surface area contributed by atoms with Crippen LogP contribution in [0.2, 0.25) is 0 Å². The monoisotopic (exact) mass is 263 g/mol. The Morgan fingerprint density at radius 2 is 2.00 bits per heavy atom. The Hall–Kier alpha value is -1.58. The Labute approximate surface area is 115 Å². The maximum absolute atomic E-state index is 11.8. The minimum Gasteiger partial charge on any atom is -0.352 e. The Balaban J connectivity index is 2.59. The summed E-state index contributed by atoms with van der Waals surface area (Å²) in [6, 6.07) is 0. The van der Waals surface area contributed by atoms with Crippen LogP contribution in [0.25, 0.3) is 6.08 Å². The highest BCUT2D eigenvalue weighted by atomic mass is 16.1. The van der Waals surface area contributed by atoms with Gasteiger partial charge in [-0.15, -0.1) is 0 Å². The van der Waals surface area contributed by atoms with Crippen molar-refractivity contribution >= 4 is 12.0 Å². The first kappa shape index (κ1) is 15.5. The van der Waals surface area contributed by atoms with E-state index in [1.807, 2.05) is 31.7 Å². The van der Waals surface area contributed by atoms with E-state index in [-0.39, 0.29) is 5.91 Å². The van der Waals surface area contributed by atoms with E-state index in [1.54, 1.807) is 6.08 Å². The van der Waals surface area contributed by atoms with Crippen LogP contribution < -0.4 is 5.32 Å². The molecule has 0 radical (unpaired) electrons. The number of hydrogen-bond donors (Lipinski definition) is 1. The summed E-state index contributed by atoms with van der Waals surface area (Å²) < 4.78 is 1.83. The zero-order valence-corrected chi connectivity index (χ0v) is 12.7. The molecule has 0 fully saturated rings. The smallest absolute Gasteiger partial charge is 0.244 e. The summed E-state index contributed by atoms with van der Waals surface area (Å²) in [5, 5.41) is 7.27. The van der Waals surface area contributed by atoms with Crippen LogP contribution in [0.3, 0.4) is 0 Å². The molecule has 4 nitrogen and oxygen atoms in total. The molecule has 0 unspecified atom stereocenters. The van der Waals surface area contributed by atoms with Crippen molar-refractivity contribution in [3.8, 4) is 0 Å². The highest BCUT2D eigenvalue weighted by Gasteiger charge is 2.07. The molecule has 0 aliphatic carbocycles. The second-order valence-corrected chi connectivity index (χ2v) is 4.97. The predicted octanol–water partition coefficient (Wildman–Crippen LogP) is 2.60. The zero-order chi connectivity index (χ0) is 14.4.